The molecule has 0 amide bonds. The third kappa shape index (κ3) is 27.3. The Kier molecular flexibility index (Phi) is 22.9. The average molecular weight is 407 g/mol. The molecular formula is C12H32CoN2O7S. The smallest absolute Gasteiger partial charge is 0.379 e. The molecule has 9 nitrogen and oxygen atoms in total. The van der Waals surface area contributed by atoms with Crippen molar-refractivity contribution in [1.29, 1.82) is 0 Å². The van der Waals surface area contributed by atoms with Gasteiger partial charge in [0.2, 0.25) is 0 Å². The summed E-state index contributed by atoms with van der Waals surface area (Å²) >= 11 is 0. The van der Waals surface area contributed by atoms with Crippen LogP contribution < -0.4 is 0 Å². The summed E-state index contributed by atoms with van der Waals surface area (Å²) in [5, 5.41) is 26.9. The van der Waals surface area contributed by atoms with E-state index in [4.69, 9.17) is 32.8 Å². The van der Waals surface area contributed by atoms with Gasteiger partial charge in [-0.3, -0.25) is 9.11 Å². The molecule has 0 heterocycles. The van der Waals surface area contributed by atoms with Crippen molar-refractivity contribution in [3.63, 3.8) is 0 Å². The summed E-state index contributed by atoms with van der Waals surface area (Å²) in [6.45, 7) is 14.6. The monoisotopic (exact) mass is 407 g/mol. The maximum absolute atomic E-state index is 8.96. The average Bonchev–Trinajstić information content (AvgIpc) is 2.27. The van der Waals surface area contributed by atoms with E-state index in [1.807, 2.05) is 0 Å². The fourth-order valence-electron chi connectivity index (χ4n) is 1.61. The topological polar surface area (TPSA) is 142 Å². The summed E-state index contributed by atoms with van der Waals surface area (Å²) in [6.07, 6.45) is -2.50. The fraction of sp³-hybridized carbons (Fsp3) is 1.00. The van der Waals surface area contributed by atoms with Gasteiger partial charge in [-0.25, -0.2) is 4.90 Å². The van der Waals surface area contributed by atoms with E-state index in [9.17, 15) is 0 Å². The van der Waals surface area contributed by atoms with Crippen LogP contribution in [0.5, 0.6) is 0 Å². The standard InChI is InChI=1S/C6H15NO3.C6H15N.Co.H2O4S/c1-4(8)7(5(2)9)6(3)10;1-4-7(5-2)6-3;;1-5(2,3)4/h4-6,8-10H,1-3H3;4-6H2,1-3H3;;(H2,1,2,3,4). The maximum Gasteiger partial charge on any atom is 0.394 e. The quantitative estimate of drug-likeness (QED) is 0.304. The molecule has 3 atom stereocenters. The number of nitrogens with zero attached hydrogens (tertiary/aromatic N) is 2. The molecule has 0 aliphatic carbocycles. The van der Waals surface area contributed by atoms with Crippen molar-refractivity contribution in [2.45, 2.75) is 60.2 Å². The van der Waals surface area contributed by atoms with E-state index in [0.29, 0.717) is 0 Å². The van der Waals surface area contributed by atoms with Crippen LogP contribution in [0.2, 0.25) is 0 Å². The van der Waals surface area contributed by atoms with Gasteiger partial charge in [-0.05, 0) is 40.4 Å². The molecule has 0 fully saturated rings. The molecule has 23 heavy (non-hydrogen) atoms. The Hall–Kier alpha value is 0.176. The minimum absolute atomic E-state index is 0. The largest absolute Gasteiger partial charge is 0.394 e. The van der Waals surface area contributed by atoms with Crippen LogP contribution in [0.25, 0.3) is 0 Å². The minimum Gasteiger partial charge on any atom is -0.379 e. The van der Waals surface area contributed by atoms with Crippen molar-refractivity contribution < 1.29 is 49.6 Å². The Morgan fingerprint density at radius 1 is 0.783 bits per heavy atom. The van der Waals surface area contributed by atoms with Gasteiger partial charge in [0.25, 0.3) is 0 Å². The predicted molar refractivity (Wildman–Crippen MR) is 84.5 cm³/mol. The first kappa shape index (κ1) is 31.0. The summed E-state index contributed by atoms with van der Waals surface area (Å²) < 4.78 is 31.6. The molecule has 0 aliphatic rings. The molecule has 0 aromatic heterocycles. The second-order valence-corrected chi connectivity index (χ2v) is 5.31. The maximum atomic E-state index is 8.96. The van der Waals surface area contributed by atoms with Gasteiger partial charge in [-0.1, -0.05) is 20.8 Å². The molecule has 3 unspecified atom stereocenters. The first-order valence-electron chi connectivity index (χ1n) is 7.05. The molecule has 0 bridgehead atoms. The number of hydrogen-bond donors (Lipinski definition) is 5. The number of hydrogen-bond acceptors (Lipinski definition) is 7. The van der Waals surface area contributed by atoms with Gasteiger partial charge in [0, 0.05) is 16.8 Å². The third-order valence-electron chi connectivity index (χ3n) is 2.64. The number of aliphatic hydroxyl groups excluding tert-OH is 3. The van der Waals surface area contributed by atoms with E-state index in [0.717, 1.165) is 0 Å². The predicted octanol–water partition coefficient (Wildman–Crippen LogP) is -0.00390. The normalized spacial score (nSPS) is 14.7. The van der Waals surface area contributed by atoms with E-state index in [1.165, 1.54) is 45.3 Å². The molecule has 0 aromatic carbocycles. The fourth-order valence-corrected chi connectivity index (χ4v) is 1.61. The van der Waals surface area contributed by atoms with Gasteiger partial charge in [-0.2, -0.15) is 8.42 Å². The van der Waals surface area contributed by atoms with E-state index in [-0.39, 0.29) is 16.8 Å². The summed E-state index contributed by atoms with van der Waals surface area (Å²) in [5.74, 6) is 0. The molecule has 147 valence electrons. The third-order valence-corrected chi connectivity index (χ3v) is 2.64. The summed E-state index contributed by atoms with van der Waals surface area (Å²) in [4.78, 5) is 3.54. The van der Waals surface area contributed by atoms with E-state index < -0.39 is 29.1 Å². The van der Waals surface area contributed by atoms with Crippen LogP contribution in [0.15, 0.2) is 0 Å². The molecular weight excluding hydrogens is 375 g/mol. The number of rotatable bonds is 6. The van der Waals surface area contributed by atoms with Crippen LogP contribution in [0.4, 0.5) is 0 Å². The molecule has 0 rings (SSSR count). The van der Waals surface area contributed by atoms with Crippen LogP contribution in [0.3, 0.4) is 0 Å². The minimum atomic E-state index is -4.67. The zero-order valence-electron chi connectivity index (χ0n) is 14.5. The van der Waals surface area contributed by atoms with Crippen molar-refractivity contribution in [2.24, 2.45) is 0 Å². The first-order chi connectivity index (χ1) is 9.81. The van der Waals surface area contributed by atoms with Crippen molar-refractivity contribution in [1.82, 2.24) is 9.80 Å². The zero-order chi connectivity index (χ0) is 18.5. The first-order valence-corrected chi connectivity index (χ1v) is 8.45. The molecule has 0 saturated heterocycles. The van der Waals surface area contributed by atoms with Crippen LogP contribution >= 0.6 is 0 Å². The molecule has 0 aliphatic heterocycles. The van der Waals surface area contributed by atoms with E-state index in [1.54, 1.807) is 0 Å². The Bertz CT molecular complexity index is 304. The van der Waals surface area contributed by atoms with Gasteiger partial charge < -0.3 is 20.2 Å². The van der Waals surface area contributed by atoms with Gasteiger partial charge in [0.05, 0.1) is 0 Å². The van der Waals surface area contributed by atoms with Crippen molar-refractivity contribution in [3.05, 3.63) is 0 Å². The van der Waals surface area contributed by atoms with Crippen LogP contribution in [0, 0.1) is 0 Å². The van der Waals surface area contributed by atoms with Gasteiger partial charge in [0.15, 0.2) is 0 Å². The second kappa shape index (κ2) is 17.0. The molecule has 0 saturated carbocycles. The molecule has 5 N–H and O–H groups in total. The summed E-state index contributed by atoms with van der Waals surface area (Å²) in [5.41, 5.74) is 0. The van der Waals surface area contributed by atoms with Crippen molar-refractivity contribution in [3.8, 4) is 0 Å². The molecule has 0 spiro atoms. The molecule has 11 heteroatoms. The summed E-state index contributed by atoms with van der Waals surface area (Å²) in [7, 11) is -4.67. The van der Waals surface area contributed by atoms with Crippen LogP contribution in [-0.4, -0.2) is 81.0 Å². The zero-order valence-corrected chi connectivity index (χ0v) is 16.4. The Morgan fingerprint density at radius 3 is 0.957 bits per heavy atom. The van der Waals surface area contributed by atoms with E-state index in [2.05, 4.69) is 25.7 Å². The SMILES string of the molecule is CC(O)N(C(C)O)C(C)O.CCN(CC)CC.O=S(=O)(O)O.[Co]. The van der Waals surface area contributed by atoms with Gasteiger partial charge in [-0.15, -0.1) is 0 Å². The molecule has 1 radical (unpaired) electrons. The second-order valence-electron chi connectivity index (χ2n) is 4.41. The van der Waals surface area contributed by atoms with Gasteiger partial charge >= 0.3 is 10.4 Å². The van der Waals surface area contributed by atoms with Gasteiger partial charge in [0.1, 0.15) is 18.7 Å². The Labute approximate surface area is 150 Å². The van der Waals surface area contributed by atoms with Crippen LogP contribution in [-0.2, 0) is 27.2 Å². The number of aliphatic hydroxyl groups is 3. The summed E-state index contributed by atoms with van der Waals surface area (Å²) in [6, 6.07) is 0. The molecule has 0 aromatic rings. The van der Waals surface area contributed by atoms with E-state index >= 15 is 0 Å². The Morgan fingerprint density at radius 2 is 0.957 bits per heavy atom. The Balaban J connectivity index is -0.000000123. The van der Waals surface area contributed by atoms with Crippen LogP contribution in [0.1, 0.15) is 41.5 Å². The van der Waals surface area contributed by atoms with Crippen molar-refractivity contribution in [2.75, 3.05) is 19.6 Å². The van der Waals surface area contributed by atoms with Crippen molar-refractivity contribution >= 4 is 10.4 Å².